The van der Waals surface area contributed by atoms with Crippen LogP contribution >= 0.6 is 0 Å². The maximum absolute atomic E-state index is 10.6. The van der Waals surface area contributed by atoms with Gasteiger partial charge in [0.15, 0.2) is 0 Å². The zero-order valence-corrected chi connectivity index (χ0v) is 12.4. The molecule has 2 N–H and O–H groups in total. The summed E-state index contributed by atoms with van der Waals surface area (Å²) in [6, 6.07) is 6.58. The Morgan fingerprint density at radius 1 is 1.05 bits per heavy atom. The topological polar surface area (TPSA) is 69.2 Å². The van der Waals surface area contributed by atoms with Gasteiger partial charge in [0.2, 0.25) is 0 Å². The molecule has 0 radical (unpaired) electrons. The third-order valence-electron chi connectivity index (χ3n) is 3.65. The minimum atomic E-state index is -0.383. The number of nitrogens with zero attached hydrogens (tertiary/aromatic N) is 1. The molecule has 4 nitrogen and oxygen atoms in total. The van der Waals surface area contributed by atoms with Gasteiger partial charge >= 0.3 is 0 Å². The fourth-order valence-corrected chi connectivity index (χ4v) is 2.33. The molecular weight excluding hydrogens is 252 g/mol. The van der Waals surface area contributed by atoms with Gasteiger partial charge in [-0.25, -0.2) is 0 Å². The second-order valence-corrected chi connectivity index (χ2v) is 5.37. The fourth-order valence-electron chi connectivity index (χ4n) is 2.33. The Morgan fingerprint density at radius 2 is 1.60 bits per heavy atom. The van der Waals surface area contributed by atoms with Gasteiger partial charge in [-0.1, -0.05) is 64.0 Å². The van der Waals surface area contributed by atoms with Crippen molar-refractivity contribution in [3.05, 3.63) is 39.9 Å². The number of non-ortho nitro benzene ring substituents is 1. The molecule has 0 bridgehead atoms. The average Bonchev–Trinajstić information content (AvgIpc) is 2.46. The standard InChI is InChI=1S/C16H26N2O2/c1-2-3-4-5-6-7-8-9-16(17)14-10-12-15(13-11-14)18(19)20/h10-13,16H,2-9,17H2,1H3. The highest BCUT2D eigenvalue weighted by Gasteiger charge is 2.09. The molecule has 0 saturated heterocycles. The molecule has 1 aromatic carbocycles. The number of unbranched alkanes of at least 4 members (excludes halogenated alkanes) is 6. The molecule has 1 aromatic rings. The monoisotopic (exact) mass is 278 g/mol. The van der Waals surface area contributed by atoms with E-state index in [2.05, 4.69) is 6.92 Å². The quantitative estimate of drug-likeness (QED) is 0.382. The summed E-state index contributed by atoms with van der Waals surface area (Å²) in [5, 5.41) is 10.6. The number of nitro groups is 1. The molecule has 0 fully saturated rings. The van der Waals surface area contributed by atoms with Crippen LogP contribution in [0.1, 0.15) is 69.9 Å². The summed E-state index contributed by atoms with van der Waals surface area (Å²) in [5.74, 6) is 0. The molecule has 1 atom stereocenters. The third kappa shape index (κ3) is 6.15. The Bertz CT molecular complexity index is 390. The van der Waals surface area contributed by atoms with Crippen molar-refractivity contribution in [3.8, 4) is 0 Å². The molecule has 112 valence electrons. The van der Waals surface area contributed by atoms with Gasteiger partial charge in [0, 0.05) is 18.2 Å². The van der Waals surface area contributed by atoms with Crippen molar-refractivity contribution in [2.75, 3.05) is 0 Å². The number of rotatable bonds is 10. The first-order chi connectivity index (χ1) is 9.65. The second-order valence-electron chi connectivity index (χ2n) is 5.37. The lowest BCUT2D eigenvalue weighted by molar-refractivity contribution is -0.384. The van der Waals surface area contributed by atoms with Crippen LogP contribution in [0.15, 0.2) is 24.3 Å². The predicted octanol–water partition coefficient (Wildman–Crippen LogP) is 4.74. The third-order valence-corrected chi connectivity index (χ3v) is 3.65. The van der Waals surface area contributed by atoms with Gasteiger partial charge in [0.05, 0.1) is 4.92 Å². The van der Waals surface area contributed by atoms with E-state index in [1.807, 2.05) is 0 Å². The molecule has 0 aliphatic carbocycles. The lowest BCUT2D eigenvalue weighted by atomic mass is 10.00. The highest BCUT2D eigenvalue weighted by molar-refractivity contribution is 5.34. The first-order valence-electron chi connectivity index (χ1n) is 7.65. The summed E-state index contributed by atoms with van der Waals surface area (Å²) in [4.78, 5) is 10.2. The Kier molecular flexibility index (Phi) is 7.88. The maximum atomic E-state index is 10.6. The zero-order valence-electron chi connectivity index (χ0n) is 12.4. The van der Waals surface area contributed by atoms with Gasteiger partial charge < -0.3 is 5.73 Å². The van der Waals surface area contributed by atoms with E-state index in [4.69, 9.17) is 5.73 Å². The summed E-state index contributed by atoms with van der Waals surface area (Å²) >= 11 is 0. The van der Waals surface area contributed by atoms with Crippen LogP contribution in [-0.4, -0.2) is 4.92 Å². The molecule has 0 spiro atoms. The summed E-state index contributed by atoms with van der Waals surface area (Å²) < 4.78 is 0. The maximum Gasteiger partial charge on any atom is 0.269 e. The van der Waals surface area contributed by atoms with Crippen LogP contribution in [0, 0.1) is 10.1 Å². The van der Waals surface area contributed by atoms with Gasteiger partial charge in [0.1, 0.15) is 0 Å². The van der Waals surface area contributed by atoms with Crippen molar-refractivity contribution in [1.82, 2.24) is 0 Å². The smallest absolute Gasteiger partial charge is 0.269 e. The molecule has 0 amide bonds. The van der Waals surface area contributed by atoms with Crippen molar-refractivity contribution in [2.24, 2.45) is 5.73 Å². The summed E-state index contributed by atoms with van der Waals surface area (Å²) in [6.07, 6.45) is 9.87. The Labute approximate surface area is 121 Å². The highest BCUT2D eigenvalue weighted by Crippen LogP contribution is 2.20. The number of hydrogen-bond acceptors (Lipinski definition) is 3. The summed E-state index contributed by atoms with van der Waals surface area (Å²) in [5.41, 5.74) is 7.22. The van der Waals surface area contributed by atoms with Gasteiger partial charge in [0.25, 0.3) is 5.69 Å². The molecule has 0 aromatic heterocycles. The van der Waals surface area contributed by atoms with E-state index < -0.39 is 0 Å². The first kappa shape index (κ1) is 16.6. The van der Waals surface area contributed by atoms with Crippen molar-refractivity contribution >= 4 is 5.69 Å². The number of nitrogens with two attached hydrogens (primary N) is 1. The molecule has 20 heavy (non-hydrogen) atoms. The normalized spacial score (nSPS) is 12.3. The van der Waals surface area contributed by atoms with Gasteiger partial charge in [-0.05, 0) is 12.0 Å². The first-order valence-corrected chi connectivity index (χ1v) is 7.65. The van der Waals surface area contributed by atoms with Crippen LogP contribution in [0.5, 0.6) is 0 Å². The Hall–Kier alpha value is -1.42. The molecule has 1 rings (SSSR count). The van der Waals surface area contributed by atoms with Gasteiger partial charge in [-0.2, -0.15) is 0 Å². The van der Waals surface area contributed by atoms with Crippen LogP contribution in [0.25, 0.3) is 0 Å². The van der Waals surface area contributed by atoms with Crippen molar-refractivity contribution in [3.63, 3.8) is 0 Å². The lowest BCUT2D eigenvalue weighted by Gasteiger charge is -2.11. The van der Waals surface area contributed by atoms with Crippen LogP contribution in [0.2, 0.25) is 0 Å². The molecule has 4 heteroatoms. The van der Waals surface area contributed by atoms with Crippen LogP contribution in [0.3, 0.4) is 0 Å². The molecule has 0 saturated carbocycles. The van der Waals surface area contributed by atoms with Crippen molar-refractivity contribution in [2.45, 2.75) is 64.3 Å². The van der Waals surface area contributed by atoms with Crippen molar-refractivity contribution < 1.29 is 4.92 Å². The van der Waals surface area contributed by atoms with E-state index in [0.29, 0.717) is 0 Å². The largest absolute Gasteiger partial charge is 0.324 e. The van der Waals surface area contributed by atoms with E-state index in [-0.39, 0.29) is 16.7 Å². The van der Waals surface area contributed by atoms with E-state index in [1.165, 1.54) is 50.7 Å². The summed E-state index contributed by atoms with van der Waals surface area (Å²) in [7, 11) is 0. The second kappa shape index (κ2) is 9.48. The zero-order chi connectivity index (χ0) is 14.8. The minimum Gasteiger partial charge on any atom is -0.324 e. The Morgan fingerprint density at radius 3 is 2.15 bits per heavy atom. The highest BCUT2D eigenvalue weighted by atomic mass is 16.6. The van der Waals surface area contributed by atoms with E-state index >= 15 is 0 Å². The molecule has 0 heterocycles. The van der Waals surface area contributed by atoms with E-state index in [0.717, 1.165) is 18.4 Å². The van der Waals surface area contributed by atoms with Crippen molar-refractivity contribution in [1.29, 1.82) is 0 Å². The number of hydrogen-bond donors (Lipinski definition) is 1. The molecular formula is C16H26N2O2. The van der Waals surface area contributed by atoms with E-state index in [1.54, 1.807) is 12.1 Å². The van der Waals surface area contributed by atoms with Crippen LogP contribution in [0.4, 0.5) is 5.69 Å². The number of benzene rings is 1. The number of nitro benzene ring substituents is 1. The van der Waals surface area contributed by atoms with Crippen LogP contribution in [-0.2, 0) is 0 Å². The molecule has 1 unspecified atom stereocenters. The lowest BCUT2D eigenvalue weighted by Crippen LogP contribution is -2.10. The molecule has 0 aliphatic rings. The predicted molar refractivity (Wildman–Crippen MR) is 82.6 cm³/mol. The fraction of sp³-hybridized carbons (Fsp3) is 0.625. The minimum absolute atomic E-state index is 0.00792. The SMILES string of the molecule is CCCCCCCCCC(N)c1ccc([N+](=O)[O-])cc1. The average molecular weight is 278 g/mol. The van der Waals surface area contributed by atoms with Gasteiger partial charge in [-0.15, -0.1) is 0 Å². The van der Waals surface area contributed by atoms with Crippen LogP contribution < -0.4 is 5.73 Å². The molecule has 0 aliphatic heterocycles. The van der Waals surface area contributed by atoms with Gasteiger partial charge in [-0.3, -0.25) is 10.1 Å². The summed E-state index contributed by atoms with van der Waals surface area (Å²) in [6.45, 7) is 2.23. The van der Waals surface area contributed by atoms with E-state index in [9.17, 15) is 10.1 Å². The Balaban J connectivity index is 2.22.